The van der Waals surface area contributed by atoms with E-state index in [9.17, 15) is 34.8 Å². The molecule has 0 bridgehead atoms. The van der Waals surface area contributed by atoms with Gasteiger partial charge in [-0.15, -0.1) is 0 Å². The highest BCUT2D eigenvalue weighted by molar-refractivity contribution is 6.09. The number of hydrogen-bond acceptors (Lipinski definition) is 9. The number of Topliss-reactive ketones (excluding diaryl/α,β-unsaturated/α-hetero) is 1. The summed E-state index contributed by atoms with van der Waals surface area (Å²) in [6, 6.07) is 0. The van der Waals surface area contributed by atoms with Gasteiger partial charge in [-0.1, -0.05) is 156 Å². The molecule has 0 radical (unpaired) electrons. The maximum Gasteiger partial charge on any atom is 0.314 e. The third-order valence-corrected chi connectivity index (χ3v) is 8.33. The van der Waals surface area contributed by atoms with Crippen LogP contribution >= 0.6 is 0 Å². The van der Waals surface area contributed by atoms with E-state index in [-0.39, 0.29) is 11.6 Å². The minimum Gasteiger partial charge on any atom is -0.391 e. The zero-order chi connectivity index (χ0) is 32.1. The number of aliphatic hydroxyl groups is 4. The lowest BCUT2D eigenvalue weighted by Crippen LogP contribution is -2.70. The summed E-state index contributed by atoms with van der Waals surface area (Å²) in [6.45, 7) is 4.20. The molecule has 2 amide bonds. The number of unbranched alkanes of at least 4 members (excludes halogenated alkanes) is 20. The van der Waals surface area contributed by atoms with Crippen LogP contribution in [0.15, 0.2) is 0 Å². The lowest BCUT2D eigenvalue weighted by Gasteiger charge is -2.42. The minimum absolute atomic E-state index is 0.0452. The van der Waals surface area contributed by atoms with Crippen LogP contribution in [0.2, 0.25) is 0 Å². The van der Waals surface area contributed by atoms with Crippen LogP contribution < -0.4 is 0 Å². The molecule has 1 saturated heterocycles. The monoisotopic (exact) mass is 616 g/mol. The molecule has 252 valence electrons. The number of nitrogens with zero attached hydrogens (tertiary/aromatic N) is 2. The second-order valence-corrected chi connectivity index (χ2v) is 12.2. The lowest BCUT2D eigenvalue weighted by atomic mass is 9.86. The zero-order valence-electron chi connectivity index (χ0n) is 27.0. The van der Waals surface area contributed by atoms with Gasteiger partial charge in [-0.05, 0) is 20.3 Å². The number of hydrogen-bond donors (Lipinski definition) is 4. The maximum absolute atomic E-state index is 12.7. The highest BCUT2D eigenvalue weighted by Gasteiger charge is 2.58. The van der Waals surface area contributed by atoms with Crippen LogP contribution in [0.3, 0.4) is 0 Å². The van der Waals surface area contributed by atoms with Crippen molar-refractivity contribution < 1.29 is 44.8 Å². The molecule has 11 nitrogen and oxygen atoms in total. The first-order valence-electron chi connectivity index (χ1n) is 16.9. The van der Waals surface area contributed by atoms with Crippen molar-refractivity contribution in [1.82, 2.24) is 10.3 Å². The number of ketones is 1. The molecule has 1 rings (SSSR count). The van der Waals surface area contributed by atoms with Gasteiger partial charge in [0.25, 0.3) is 5.91 Å². The van der Waals surface area contributed by atoms with Crippen LogP contribution in [0, 0.1) is 0 Å². The first-order chi connectivity index (χ1) is 20.6. The quantitative estimate of drug-likeness (QED) is 0.0541. The van der Waals surface area contributed by atoms with Crippen LogP contribution in [-0.4, -0.2) is 72.3 Å². The molecule has 4 N–H and O–H groups in total. The highest BCUT2D eigenvalue weighted by Crippen LogP contribution is 2.27. The van der Waals surface area contributed by atoms with Crippen molar-refractivity contribution in [3.8, 4) is 0 Å². The molecule has 0 unspecified atom stereocenters. The normalized spacial score (nSPS) is 16.8. The molecule has 43 heavy (non-hydrogen) atoms. The molecule has 0 aromatic heterocycles. The third-order valence-electron chi connectivity index (χ3n) is 8.33. The molecule has 1 heterocycles. The fraction of sp³-hybridized carbons (Fsp3) is 0.906. The van der Waals surface area contributed by atoms with E-state index in [1.807, 2.05) is 0 Å². The summed E-state index contributed by atoms with van der Waals surface area (Å²) in [5, 5.41) is 40.8. The SMILES string of the molecule is CCCCCCCCCCCCCCCCCCCCCCCC(=O)N1OON1C(=O)[C@@](O)(C(C)=O)[C@@H](O)[C@H](O)[C@@H](C)O. The molecule has 0 aliphatic carbocycles. The van der Waals surface area contributed by atoms with Crippen molar-refractivity contribution in [2.24, 2.45) is 0 Å². The zero-order valence-corrected chi connectivity index (χ0v) is 27.0. The molecular formula is C32H60N2O9. The van der Waals surface area contributed by atoms with Crippen molar-refractivity contribution in [3.05, 3.63) is 0 Å². The summed E-state index contributed by atoms with van der Waals surface area (Å²) in [5.74, 6) is -3.36. The van der Waals surface area contributed by atoms with Gasteiger partial charge in [0.2, 0.25) is 5.60 Å². The van der Waals surface area contributed by atoms with Crippen molar-refractivity contribution in [1.29, 1.82) is 0 Å². The number of amides is 2. The van der Waals surface area contributed by atoms with E-state index in [0.717, 1.165) is 33.1 Å². The molecule has 0 aromatic rings. The highest BCUT2D eigenvalue weighted by atomic mass is 17.4. The second-order valence-electron chi connectivity index (χ2n) is 12.2. The van der Waals surface area contributed by atoms with Crippen LogP contribution in [0.4, 0.5) is 0 Å². The van der Waals surface area contributed by atoms with Gasteiger partial charge in [0.1, 0.15) is 12.2 Å². The van der Waals surface area contributed by atoms with Gasteiger partial charge in [0, 0.05) is 6.42 Å². The standard InChI is InChI=1S/C32H60N2O9/c1-4-5-6-7-8-9-10-11-12-13-14-15-16-17-18-19-20-21-22-23-24-25-28(37)33-34(43-42-33)31(40)32(41,27(3)36)30(39)29(38)26(2)35/h26,29-30,35,38-39,41H,4-25H2,1-3H3/t26-,29-,30+,32-/m1/s1. The number of aliphatic hydroxyl groups excluding tert-OH is 3. The van der Waals surface area contributed by atoms with E-state index in [1.54, 1.807) is 0 Å². The molecular weight excluding hydrogens is 556 g/mol. The van der Waals surface area contributed by atoms with E-state index in [4.69, 9.17) is 0 Å². The summed E-state index contributed by atoms with van der Waals surface area (Å²) in [5.41, 5.74) is -3.16. The minimum atomic E-state index is -3.16. The number of rotatable bonds is 27. The number of carbonyl (C=O) groups is 3. The topological polar surface area (TPSA) is 157 Å². The van der Waals surface area contributed by atoms with Crippen LogP contribution in [0.5, 0.6) is 0 Å². The Balaban J connectivity index is 2.06. The fourth-order valence-electron chi connectivity index (χ4n) is 5.31. The summed E-state index contributed by atoms with van der Waals surface area (Å²) in [4.78, 5) is 46.3. The predicted octanol–water partition coefficient (Wildman–Crippen LogP) is 5.38. The van der Waals surface area contributed by atoms with Gasteiger partial charge in [0.05, 0.1) is 6.10 Å². The van der Waals surface area contributed by atoms with Crippen molar-refractivity contribution in [3.63, 3.8) is 0 Å². The Labute approximate surface area is 258 Å². The first kappa shape index (κ1) is 39.4. The van der Waals surface area contributed by atoms with E-state index < -0.39 is 41.5 Å². The number of hydroxylamine groups is 2. The van der Waals surface area contributed by atoms with Crippen molar-refractivity contribution in [2.75, 3.05) is 0 Å². The maximum atomic E-state index is 12.7. The van der Waals surface area contributed by atoms with Crippen molar-refractivity contribution in [2.45, 2.75) is 186 Å². The summed E-state index contributed by atoms with van der Waals surface area (Å²) >= 11 is 0. The first-order valence-corrected chi connectivity index (χ1v) is 16.9. The summed E-state index contributed by atoms with van der Waals surface area (Å²) in [6.07, 6.45) is 20.5. The van der Waals surface area contributed by atoms with Crippen LogP contribution in [-0.2, 0) is 24.4 Å². The number of carbonyl (C=O) groups excluding carboxylic acids is 3. The Bertz CT molecular complexity index is 782. The predicted molar refractivity (Wildman–Crippen MR) is 162 cm³/mol. The molecule has 1 aliphatic rings. The smallest absolute Gasteiger partial charge is 0.314 e. The fourth-order valence-corrected chi connectivity index (χ4v) is 5.31. The van der Waals surface area contributed by atoms with Gasteiger partial charge in [-0.25, -0.2) is 0 Å². The summed E-state index contributed by atoms with van der Waals surface area (Å²) < 4.78 is 0. The molecule has 1 aliphatic heterocycles. The van der Waals surface area contributed by atoms with Gasteiger partial charge >= 0.3 is 5.91 Å². The Morgan fingerprint density at radius 1 is 0.628 bits per heavy atom. The average Bonchev–Trinajstić information content (AvgIpc) is 2.95. The van der Waals surface area contributed by atoms with E-state index >= 15 is 0 Å². The summed E-state index contributed by atoms with van der Waals surface area (Å²) in [7, 11) is 0. The molecule has 1 fully saturated rings. The third kappa shape index (κ3) is 14.3. The Morgan fingerprint density at radius 3 is 1.28 bits per heavy atom. The molecule has 4 atom stereocenters. The van der Waals surface area contributed by atoms with Crippen molar-refractivity contribution >= 4 is 17.6 Å². The van der Waals surface area contributed by atoms with Gasteiger partial charge in [0.15, 0.2) is 5.78 Å². The van der Waals surface area contributed by atoms with Gasteiger partial charge in [-0.3, -0.25) is 14.4 Å². The second kappa shape index (κ2) is 22.8. The van der Waals surface area contributed by atoms with Gasteiger partial charge in [-0.2, -0.15) is 0 Å². The molecule has 0 saturated carbocycles. The largest absolute Gasteiger partial charge is 0.391 e. The van der Waals surface area contributed by atoms with E-state index in [1.165, 1.54) is 109 Å². The van der Waals surface area contributed by atoms with Crippen LogP contribution in [0.25, 0.3) is 0 Å². The van der Waals surface area contributed by atoms with Crippen LogP contribution in [0.1, 0.15) is 162 Å². The van der Waals surface area contributed by atoms with Gasteiger partial charge < -0.3 is 20.4 Å². The average molecular weight is 617 g/mol. The Kier molecular flexibility index (Phi) is 20.9. The molecule has 11 heteroatoms. The number of hydrazine groups is 1. The Morgan fingerprint density at radius 2 is 0.977 bits per heavy atom. The van der Waals surface area contributed by atoms with E-state index in [0.29, 0.717) is 11.6 Å². The molecule has 0 aromatic carbocycles. The Hall–Kier alpha value is -1.63. The molecule has 0 spiro atoms. The lowest BCUT2D eigenvalue weighted by molar-refractivity contribution is -0.682. The van der Waals surface area contributed by atoms with E-state index in [2.05, 4.69) is 16.9 Å².